The summed E-state index contributed by atoms with van der Waals surface area (Å²) in [6.07, 6.45) is 1.59. The number of aromatic amines is 1. The van der Waals surface area contributed by atoms with Gasteiger partial charge in [0.05, 0.1) is 13.3 Å². The van der Waals surface area contributed by atoms with Crippen LogP contribution in [0.25, 0.3) is 0 Å². The first-order valence-electron chi connectivity index (χ1n) is 8.46. The van der Waals surface area contributed by atoms with E-state index in [-0.39, 0.29) is 11.5 Å². The standard InChI is InChI=1S/C20H19ClN4O3/c1-13-8-19(26)24-20(23-13)25-22-11-14-6-7-17(18(10-14)27-2)28-12-15-4-3-5-16(21)9-15/h3-11H,12H2,1-2H3,(H2,23,24,25,26). The third-order valence-corrected chi connectivity index (χ3v) is 3.96. The molecule has 3 aromatic rings. The highest BCUT2D eigenvalue weighted by Gasteiger charge is 2.06. The molecule has 0 bridgehead atoms. The van der Waals surface area contributed by atoms with E-state index in [0.717, 1.165) is 11.1 Å². The highest BCUT2D eigenvalue weighted by atomic mass is 35.5. The van der Waals surface area contributed by atoms with Gasteiger partial charge in [0.25, 0.3) is 5.56 Å². The Kier molecular flexibility index (Phi) is 6.29. The van der Waals surface area contributed by atoms with Crippen LogP contribution in [-0.2, 0) is 6.61 Å². The Morgan fingerprint density at radius 3 is 2.82 bits per heavy atom. The number of nitrogens with zero attached hydrogens (tertiary/aromatic N) is 2. The lowest BCUT2D eigenvalue weighted by molar-refractivity contribution is 0.284. The molecule has 2 N–H and O–H groups in total. The van der Waals surface area contributed by atoms with E-state index in [9.17, 15) is 4.79 Å². The van der Waals surface area contributed by atoms with Crippen molar-refractivity contribution in [2.24, 2.45) is 5.10 Å². The van der Waals surface area contributed by atoms with Crippen molar-refractivity contribution >= 4 is 23.8 Å². The molecule has 0 spiro atoms. The largest absolute Gasteiger partial charge is 0.493 e. The lowest BCUT2D eigenvalue weighted by Gasteiger charge is -2.11. The van der Waals surface area contributed by atoms with E-state index >= 15 is 0 Å². The van der Waals surface area contributed by atoms with Crippen molar-refractivity contribution in [2.75, 3.05) is 12.5 Å². The first-order valence-corrected chi connectivity index (χ1v) is 8.83. The lowest BCUT2D eigenvalue weighted by atomic mass is 10.2. The fraction of sp³-hybridized carbons (Fsp3) is 0.150. The van der Waals surface area contributed by atoms with Crippen LogP contribution in [0.3, 0.4) is 0 Å². The van der Waals surface area contributed by atoms with Crippen molar-refractivity contribution in [2.45, 2.75) is 13.5 Å². The monoisotopic (exact) mass is 398 g/mol. The molecule has 7 nitrogen and oxygen atoms in total. The predicted molar refractivity (Wildman–Crippen MR) is 110 cm³/mol. The van der Waals surface area contributed by atoms with Gasteiger partial charge >= 0.3 is 0 Å². The van der Waals surface area contributed by atoms with E-state index in [1.807, 2.05) is 30.3 Å². The SMILES string of the molecule is COc1cc(C=NNc2nc(C)cc(=O)[nH]2)ccc1OCc1cccc(Cl)c1. The van der Waals surface area contributed by atoms with Gasteiger partial charge in [-0.05, 0) is 48.4 Å². The maximum Gasteiger partial charge on any atom is 0.252 e. The third kappa shape index (κ3) is 5.34. The zero-order valence-electron chi connectivity index (χ0n) is 15.4. The van der Waals surface area contributed by atoms with Crippen molar-refractivity contribution in [3.05, 3.63) is 80.7 Å². The zero-order valence-corrected chi connectivity index (χ0v) is 16.2. The summed E-state index contributed by atoms with van der Waals surface area (Å²) in [6, 6.07) is 14.3. The Balaban J connectivity index is 1.67. The third-order valence-electron chi connectivity index (χ3n) is 3.72. The molecule has 8 heteroatoms. The van der Waals surface area contributed by atoms with Gasteiger partial charge in [-0.15, -0.1) is 0 Å². The van der Waals surface area contributed by atoms with Crippen LogP contribution in [0.15, 0.2) is 58.4 Å². The Labute approximate surface area is 167 Å². The zero-order chi connectivity index (χ0) is 19.9. The van der Waals surface area contributed by atoms with E-state index in [4.69, 9.17) is 21.1 Å². The molecule has 2 aromatic carbocycles. The van der Waals surface area contributed by atoms with Crippen molar-refractivity contribution in [3.8, 4) is 11.5 Å². The summed E-state index contributed by atoms with van der Waals surface area (Å²) in [5.41, 5.74) is 4.80. The van der Waals surface area contributed by atoms with E-state index < -0.39 is 0 Å². The average Bonchev–Trinajstić information content (AvgIpc) is 2.66. The molecular weight excluding hydrogens is 380 g/mol. The molecule has 0 fully saturated rings. The van der Waals surface area contributed by atoms with Gasteiger partial charge in [0.2, 0.25) is 5.95 Å². The first kappa shape index (κ1) is 19.4. The smallest absolute Gasteiger partial charge is 0.252 e. The molecular formula is C20H19ClN4O3. The van der Waals surface area contributed by atoms with Crippen LogP contribution in [-0.4, -0.2) is 23.3 Å². The summed E-state index contributed by atoms with van der Waals surface area (Å²) in [5.74, 6) is 1.46. The number of H-pyrrole nitrogens is 1. The molecule has 0 saturated carbocycles. The maximum absolute atomic E-state index is 11.4. The molecule has 144 valence electrons. The van der Waals surface area contributed by atoms with Crippen LogP contribution < -0.4 is 20.5 Å². The van der Waals surface area contributed by atoms with Gasteiger partial charge in [-0.2, -0.15) is 5.10 Å². The fourth-order valence-electron chi connectivity index (χ4n) is 2.47. The topological polar surface area (TPSA) is 88.6 Å². The van der Waals surface area contributed by atoms with Gasteiger partial charge in [-0.3, -0.25) is 9.78 Å². The van der Waals surface area contributed by atoms with Crippen LogP contribution in [0.4, 0.5) is 5.95 Å². The number of halogens is 1. The van der Waals surface area contributed by atoms with Crippen LogP contribution in [0, 0.1) is 6.92 Å². The average molecular weight is 399 g/mol. The molecule has 0 aliphatic heterocycles. The number of rotatable bonds is 7. The number of ether oxygens (including phenoxy) is 2. The van der Waals surface area contributed by atoms with E-state index in [2.05, 4.69) is 20.5 Å². The van der Waals surface area contributed by atoms with Gasteiger partial charge < -0.3 is 9.47 Å². The first-order chi connectivity index (χ1) is 13.5. The van der Waals surface area contributed by atoms with Crippen LogP contribution in [0.1, 0.15) is 16.8 Å². The quantitative estimate of drug-likeness (QED) is 0.467. The number of methoxy groups -OCH3 is 1. The van der Waals surface area contributed by atoms with Crippen molar-refractivity contribution in [1.29, 1.82) is 0 Å². The molecule has 28 heavy (non-hydrogen) atoms. The summed E-state index contributed by atoms with van der Waals surface area (Å²) in [4.78, 5) is 18.1. The van der Waals surface area contributed by atoms with E-state index in [1.54, 1.807) is 32.4 Å². The number of hydrogen-bond acceptors (Lipinski definition) is 6. The second kappa shape index (κ2) is 9.05. The van der Waals surface area contributed by atoms with Gasteiger partial charge in [0.1, 0.15) is 6.61 Å². The van der Waals surface area contributed by atoms with Gasteiger partial charge in [0.15, 0.2) is 11.5 Å². The number of hydrazone groups is 1. The molecule has 0 aliphatic carbocycles. The van der Waals surface area contributed by atoms with Crippen molar-refractivity contribution in [3.63, 3.8) is 0 Å². The van der Waals surface area contributed by atoms with Gasteiger partial charge in [0, 0.05) is 16.8 Å². The summed E-state index contributed by atoms with van der Waals surface area (Å²) in [6.45, 7) is 2.11. The molecule has 0 saturated heterocycles. The molecule has 0 unspecified atom stereocenters. The molecule has 0 radical (unpaired) electrons. The minimum absolute atomic E-state index is 0.243. The van der Waals surface area contributed by atoms with Crippen LogP contribution in [0.5, 0.6) is 11.5 Å². The normalized spacial score (nSPS) is 10.8. The molecule has 0 amide bonds. The highest BCUT2D eigenvalue weighted by molar-refractivity contribution is 6.30. The van der Waals surface area contributed by atoms with Gasteiger partial charge in [-0.25, -0.2) is 10.4 Å². The molecule has 0 atom stereocenters. The molecule has 0 aliphatic rings. The number of nitrogens with one attached hydrogen (secondary N) is 2. The Morgan fingerprint density at radius 2 is 2.07 bits per heavy atom. The number of aromatic nitrogens is 2. The van der Waals surface area contributed by atoms with Crippen molar-refractivity contribution < 1.29 is 9.47 Å². The van der Waals surface area contributed by atoms with Gasteiger partial charge in [-0.1, -0.05) is 23.7 Å². The second-order valence-corrected chi connectivity index (χ2v) is 6.37. The highest BCUT2D eigenvalue weighted by Crippen LogP contribution is 2.28. The Hall–Kier alpha value is -3.32. The molecule has 3 rings (SSSR count). The molecule has 1 heterocycles. The number of anilines is 1. The van der Waals surface area contributed by atoms with E-state index in [1.165, 1.54) is 6.07 Å². The summed E-state index contributed by atoms with van der Waals surface area (Å²) in [7, 11) is 1.57. The minimum atomic E-state index is -0.243. The second-order valence-electron chi connectivity index (χ2n) is 5.93. The molecule has 1 aromatic heterocycles. The predicted octanol–water partition coefficient (Wildman–Crippen LogP) is 3.77. The van der Waals surface area contributed by atoms with Crippen LogP contribution >= 0.6 is 11.6 Å². The Bertz CT molecular complexity index is 1050. The van der Waals surface area contributed by atoms with Crippen LogP contribution in [0.2, 0.25) is 5.02 Å². The number of benzene rings is 2. The maximum atomic E-state index is 11.4. The Morgan fingerprint density at radius 1 is 1.21 bits per heavy atom. The lowest BCUT2D eigenvalue weighted by Crippen LogP contribution is -2.10. The fourth-order valence-corrected chi connectivity index (χ4v) is 2.68. The number of hydrogen-bond donors (Lipinski definition) is 2. The summed E-state index contributed by atoms with van der Waals surface area (Å²) >= 11 is 5.99. The van der Waals surface area contributed by atoms with E-state index in [0.29, 0.717) is 28.8 Å². The van der Waals surface area contributed by atoms with Crippen molar-refractivity contribution in [1.82, 2.24) is 9.97 Å². The summed E-state index contributed by atoms with van der Waals surface area (Å²) in [5, 5.41) is 4.75. The number of aryl methyl sites for hydroxylation is 1. The summed E-state index contributed by atoms with van der Waals surface area (Å²) < 4.78 is 11.2. The minimum Gasteiger partial charge on any atom is -0.493 e.